The Kier molecular flexibility index (Phi) is 1.65. The molecular weight excluding hydrogens is 220 g/mol. The van der Waals surface area contributed by atoms with Crippen molar-refractivity contribution in [1.82, 2.24) is 15.2 Å². The van der Waals surface area contributed by atoms with E-state index >= 15 is 0 Å². The number of nitrogen functional groups attached to an aromatic ring is 1. The summed E-state index contributed by atoms with van der Waals surface area (Å²) >= 11 is 3.34. The van der Waals surface area contributed by atoms with Crippen molar-refractivity contribution in [1.29, 1.82) is 0 Å². The van der Waals surface area contributed by atoms with Gasteiger partial charge in [-0.3, -0.25) is 5.10 Å². The van der Waals surface area contributed by atoms with Crippen LogP contribution in [0.1, 0.15) is 0 Å². The highest BCUT2D eigenvalue weighted by Crippen LogP contribution is 2.29. The average Bonchev–Trinajstić information content (AvgIpc) is 2.64. The van der Waals surface area contributed by atoms with Gasteiger partial charge < -0.3 is 10.7 Å². The molecule has 2 rings (SSSR count). The maximum Gasteiger partial charge on any atom is 0.160 e. The fraction of sp³-hybridized carbons (Fsp3) is 0. The van der Waals surface area contributed by atoms with E-state index in [1.54, 1.807) is 0 Å². The standard InChI is InChI=1S/C7H7BrN4/c8-5-6(11-12-7(5)9)4-1-2-10-3-4/h1-3,10H,(H3,9,11,12). The number of hydrogen-bond donors (Lipinski definition) is 3. The van der Waals surface area contributed by atoms with Gasteiger partial charge in [0.05, 0.1) is 10.2 Å². The third-order valence-electron chi connectivity index (χ3n) is 1.62. The SMILES string of the molecule is Nc1n[nH]c(-c2cc[nH]c2)c1Br. The molecule has 62 valence electrons. The van der Waals surface area contributed by atoms with E-state index in [2.05, 4.69) is 31.1 Å². The van der Waals surface area contributed by atoms with Gasteiger partial charge in [0.15, 0.2) is 5.82 Å². The van der Waals surface area contributed by atoms with Crippen molar-refractivity contribution in [2.45, 2.75) is 0 Å². The van der Waals surface area contributed by atoms with E-state index in [1.807, 2.05) is 18.5 Å². The first-order chi connectivity index (χ1) is 5.79. The number of nitrogens with one attached hydrogen (secondary N) is 2. The Morgan fingerprint density at radius 3 is 2.83 bits per heavy atom. The number of hydrogen-bond acceptors (Lipinski definition) is 2. The second-order valence-electron chi connectivity index (χ2n) is 2.40. The van der Waals surface area contributed by atoms with E-state index in [0.717, 1.165) is 15.7 Å². The molecule has 0 radical (unpaired) electrons. The quantitative estimate of drug-likeness (QED) is 0.694. The molecule has 0 saturated carbocycles. The molecule has 0 unspecified atom stereocenters. The van der Waals surface area contributed by atoms with Crippen LogP contribution in [0, 0.1) is 0 Å². The molecule has 4 nitrogen and oxygen atoms in total. The number of nitrogens with two attached hydrogens (primary N) is 1. The van der Waals surface area contributed by atoms with E-state index in [0.29, 0.717) is 5.82 Å². The van der Waals surface area contributed by atoms with Crippen molar-refractivity contribution in [3.63, 3.8) is 0 Å². The molecule has 0 spiro atoms. The number of halogens is 1. The summed E-state index contributed by atoms with van der Waals surface area (Å²) in [5.74, 6) is 0.478. The lowest BCUT2D eigenvalue weighted by molar-refractivity contribution is 1.10. The summed E-state index contributed by atoms with van der Waals surface area (Å²) in [5, 5.41) is 6.70. The van der Waals surface area contributed by atoms with Crippen LogP contribution in [0.2, 0.25) is 0 Å². The maximum atomic E-state index is 5.55. The Hall–Kier alpha value is -1.23. The van der Waals surface area contributed by atoms with Crippen LogP contribution < -0.4 is 5.73 Å². The van der Waals surface area contributed by atoms with Gasteiger partial charge >= 0.3 is 0 Å². The van der Waals surface area contributed by atoms with Crippen LogP contribution >= 0.6 is 15.9 Å². The van der Waals surface area contributed by atoms with E-state index < -0.39 is 0 Å². The number of aromatic nitrogens is 3. The summed E-state index contributed by atoms with van der Waals surface area (Å²) in [6.07, 6.45) is 3.72. The van der Waals surface area contributed by atoms with Crippen LogP contribution in [0.25, 0.3) is 11.3 Å². The van der Waals surface area contributed by atoms with Gasteiger partial charge in [-0.2, -0.15) is 5.10 Å². The topological polar surface area (TPSA) is 70.5 Å². The molecule has 12 heavy (non-hydrogen) atoms. The predicted molar refractivity (Wildman–Crippen MR) is 50.5 cm³/mol. The molecule has 0 atom stereocenters. The number of nitrogens with zero attached hydrogens (tertiary/aromatic N) is 1. The number of anilines is 1. The number of H-pyrrole nitrogens is 2. The van der Waals surface area contributed by atoms with Crippen LogP contribution in [0.3, 0.4) is 0 Å². The monoisotopic (exact) mass is 226 g/mol. The Morgan fingerprint density at radius 1 is 1.50 bits per heavy atom. The first-order valence-electron chi connectivity index (χ1n) is 3.41. The molecule has 0 aliphatic rings. The van der Waals surface area contributed by atoms with E-state index in [-0.39, 0.29) is 0 Å². The normalized spacial score (nSPS) is 10.4. The summed E-state index contributed by atoms with van der Waals surface area (Å²) < 4.78 is 0.808. The summed E-state index contributed by atoms with van der Waals surface area (Å²) in [7, 11) is 0. The van der Waals surface area contributed by atoms with Gasteiger partial charge in [-0.25, -0.2) is 0 Å². The molecule has 0 aliphatic heterocycles. The van der Waals surface area contributed by atoms with Crippen molar-refractivity contribution in [2.75, 3.05) is 5.73 Å². The van der Waals surface area contributed by atoms with Crippen molar-refractivity contribution in [2.24, 2.45) is 0 Å². The van der Waals surface area contributed by atoms with Gasteiger partial charge in [0.1, 0.15) is 0 Å². The van der Waals surface area contributed by atoms with Gasteiger partial charge in [0.25, 0.3) is 0 Å². The van der Waals surface area contributed by atoms with Gasteiger partial charge in [-0.1, -0.05) is 0 Å². The minimum Gasteiger partial charge on any atom is -0.381 e. The Labute approximate surface area is 77.3 Å². The van der Waals surface area contributed by atoms with Crippen molar-refractivity contribution in [3.8, 4) is 11.3 Å². The molecule has 4 N–H and O–H groups in total. The van der Waals surface area contributed by atoms with Gasteiger partial charge in [0.2, 0.25) is 0 Å². The van der Waals surface area contributed by atoms with Gasteiger partial charge in [-0.15, -0.1) is 0 Å². The first-order valence-corrected chi connectivity index (χ1v) is 4.21. The van der Waals surface area contributed by atoms with Crippen LogP contribution in [0.15, 0.2) is 22.9 Å². The Morgan fingerprint density at radius 2 is 2.33 bits per heavy atom. The molecule has 0 aliphatic carbocycles. The minimum absolute atomic E-state index is 0.478. The molecule has 2 heterocycles. The van der Waals surface area contributed by atoms with Gasteiger partial charge in [-0.05, 0) is 22.0 Å². The highest BCUT2D eigenvalue weighted by molar-refractivity contribution is 9.10. The van der Waals surface area contributed by atoms with Crippen molar-refractivity contribution < 1.29 is 0 Å². The molecular formula is C7H7BrN4. The first kappa shape index (κ1) is 7.42. The van der Waals surface area contributed by atoms with E-state index in [9.17, 15) is 0 Å². The van der Waals surface area contributed by atoms with E-state index in [1.165, 1.54) is 0 Å². The van der Waals surface area contributed by atoms with Gasteiger partial charge in [0, 0.05) is 18.0 Å². The highest BCUT2D eigenvalue weighted by Gasteiger charge is 2.08. The number of aromatic amines is 2. The molecule has 0 amide bonds. The van der Waals surface area contributed by atoms with Crippen LogP contribution in [0.4, 0.5) is 5.82 Å². The maximum absolute atomic E-state index is 5.55. The summed E-state index contributed by atoms with van der Waals surface area (Å²) in [4.78, 5) is 2.96. The summed E-state index contributed by atoms with van der Waals surface area (Å²) in [6.45, 7) is 0. The van der Waals surface area contributed by atoms with Crippen molar-refractivity contribution in [3.05, 3.63) is 22.9 Å². The molecule has 2 aromatic rings. The second-order valence-corrected chi connectivity index (χ2v) is 3.19. The predicted octanol–water partition coefficient (Wildman–Crippen LogP) is 1.75. The molecule has 0 fully saturated rings. The van der Waals surface area contributed by atoms with E-state index in [4.69, 9.17) is 5.73 Å². The van der Waals surface area contributed by atoms with Crippen molar-refractivity contribution >= 4 is 21.7 Å². The molecule has 0 bridgehead atoms. The molecule has 0 aromatic carbocycles. The fourth-order valence-electron chi connectivity index (χ4n) is 1.01. The lowest BCUT2D eigenvalue weighted by Gasteiger charge is -1.91. The highest BCUT2D eigenvalue weighted by atomic mass is 79.9. The number of rotatable bonds is 1. The zero-order valence-corrected chi connectivity index (χ0v) is 7.72. The van der Waals surface area contributed by atoms with Crippen LogP contribution in [-0.4, -0.2) is 15.2 Å². The van der Waals surface area contributed by atoms with Crippen LogP contribution in [0.5, 0.6) is 0 Å². The third kappa shape index (κ3) is 1.02. The average molecular weight is 227 g/mol. The largest absolute Gasteiger partial charge is 0.381 e. The molecule has 5 heteroatoms. The summed E-state index contributed by atoms with van der Waals surface area (Å²) in [5.41, 5.74) is 7.48. The zero-order valence-electron chi connectivity index (χ0n) is 6.13. The molecule has 0 saturated heterocycles. The van der Waals surface area contributed by atoms with Crippen LogP contribution in [-0.2, 0) is 0 Å². The zero-order chi connectivity index (χ0) is 8.55. The second kappa shape index (κ2) is 2.67. The molecule has 2 aromatic heterocycles. The lowest BCUT2D eigenvalue weighted by atomic mass is 10.2. The smallest absolute Gasteiger partial charge is 0.160 e. The lowest BCUT2D eigenvalue weighted by Crippen LogP contribution is -1.83. The Balaban J connectivity index is 2.55. The fourth-order valence-corrected chi connectivity index (χ4v) is 1.42. The minimum atomic E-state index is 0.478. The summed E-state index contributed by atoms with van der Waals surface area (Å²) in [6, 6.07) is 1.94. The third-order valence-corrected chi connectivity index (χ3v) is 2.42. The Bertz CT molecular complexity index is 376.